The number of hydrogen-bond acceptors (Lipinski definition) is 23. The fourth-order valence-corrected chi connectivity index (χ4v) is 13.0. The van der Waals surface area contributed by atoms with Crippen LogP contribution < -0.4 is 11.5 Å². The van der Waals surface area contributed by atoms with Gasteiger partial charge in [0, 0.05) is 45.2 Å². The smallest absolute Gasteiger partial charge is 0.387 e. The molecule has 0 amide bonds. The average Bonchev–Trinajstić information content (AvgIpc) is 3.79. The lowest BCUT2D eigenvalue weighted by atomic mass is 10.1. The molecule has 12 atom stereocenters. The molecule has 2 saturated heterocycles. The number of ether oxygens (including phenoxy) is 2. The van der Waals surface area contributed by atoms with E-state index < -0.39 is 91.4 Å². The van der Waals surface area contributed by atoms with Crippen LogP contribution in [-0.4, -0.2) is 129 Å². The molecule has 0 aliphatic carbocycles. The second kappa shape index (κ2) is 16.4. The molecule has 2 fully saturated rings. The lowest BCUT2D eigenvalue weighted by Gasteiger charge is -2.24. The minimum atomic E-state index is -5.90. The molecule has 0 saturated carbocycles. The van der Waals surface area contributed by atoms with Crippen LogP contribution in [0.4, 0.5) is 11.6 Å². The van der Waals surface area contributed by atoms with E-state index in [0.29, 0.717) is 0 Å². The van der Waals surface area contributed by atoms with E-state index in [9.17, 15) is 49.1 Å². The first-order chi connectivity index (χ1) is 25.5. The highest BCUT2D eigenvalue weighted by Crippen LogP contribution is 2.71. The largest absolute Gasteiger partial charge is 0.488 e. The summed E-state index contributed by atoms with van der Waals surface area (Å²) >= 11 is 13.0. The molecular weight excluding hydrogens is 1090 g/mol. The van der Waals surface area contributed by atoms with Gasteiger partial charge in [0.1, 0.15) is 47.7 Å². The van der Waals surface area contributed by atoms with Crippen LogP contribution in [0.2, 0.25) is 0 Å². The molecule has 0 radical (unpaired) electrons. The minimum absolute atomic E-state index is 0.0334. The summed E-state index contributed by atoms with van der Waals surface area (Å²) in [5.74, 6) is 0.0669. The van der Waals surface area contributed by atoms with Crippen molar-refractivity contribution in [3.8, 4) is 0 Å². The Kier molecular flexibility index (Phi) is 13.1. The van der Waals surface area contributed by atoms with Gasteiger partial charge in [0.15, 0.2) is 43.0 Å². The Labute approximate surface area is 343 Å². The molecule has 2 aliphatic rings. The van der Waals surface area contributed by atoms with Gasteiger partial charge in [-0.1, -0.05) is 0 Å². The van der Waals surface area contributed by atoms with Gasteiger partial charge in [0.2, 0.25) is 0 Å². The van der Waals surface area contributed by atoms with Crippen LogP contribution in [0.5, 0.6) is 0 Å². The lowest BCUT2D eigenvalue weighted by molar-refractivity contribution is -0.0488. The van der Waals surface area contributed by atoms with Gasteiger partial charge in [0.05, 0.1) is 25.9 Å². The Morgan fingerprint density at radius 1 is 0.673 bits per heavy atom. The topological polar surface area (TPSA) is 400 Å². The number of aliphatic hydroxyl groups is 4. The van der Waals surface area contributed by atoms with E-state index in [1.54, 1.807) is 45.2 Å². The minimum Gasteiger partial charge on any atom is -0.387 e. The fourth-order valence-electron chi connectivity index (χ4n) is 5.19. The Balaban J connectivity index is 1.02. The van der Waals surface area contributed by atoms with Crippen LogP contribution in [0.15, 0.2) is 12.7 Å². The molecule has 0 bridgehead atoms. The summed E-state index contributed by atoms with van der Waals surface area (Å²) in [4.78, 5) is 65.5. The molecular formula is C20H26I2N10O17P4S2. The lowest BCUT2D eigenvalue weighted by Crippen LogP contribution is -2.33. The predicted octanol–water partition coefficient (Wildman–Crippen LogP) is -1.00. The number of aromatic nitrogens is 8. The number of nitrogen functional groups attached to an aromatic ring is 2. The molecule has 0 aromatic carbocycles. The first-order valence-corrected chi connectivity index (χ1v) is 24.9. The first-order valence-electron chi connectivity index (χ1n) is 14.5. The van der Waals surface area contributed by atoms with Crippen LogP contribution in [0.1, 0.15) is 12.5 Å². The molecule has 4 aromatic heterocycles. The van der Waals surface area contributed by atoms with Crippen molar-refractivity contribution in [2.45, 2.75) is 49.1 Å². The van der Waals surface area contributed by atoms with Gasteiger partial charge in [-0.15, -0.1) is 0 Å². The van der Waals surface area contributed by atoms with Crippen LogP contribution in [0.25, 0.3) is 22.3 Å². The maximum Gasteiger partial charge on any atom is 0.488 e. The van der Waals surface area contributed by atoms with Gasteiger partial charge >= 0.3 is 29.1 Å². The molecule has 2 aliphatic heterocycles. The van der Waals surface area contributed by atoms with Crippen molar-refractivity contribution in [3.05, 3.63) is 20.3 Å². The molecule has 304 valence electrons. The number of fused-ring (bicyclic) bond motifs is 2. The van der Waals surface area contributed by atoms with Crippen LogP contribution >= 0.6 is 74.3 Å². The van der Waals surface area contributed by atoms with Crippen molar-refractivity contribution in [1.29, 1.82) is 0 Å². The standard InChI is InChI=1S/C20H26I2N10O17P4S2/c21-19-27-13(23)7-15(29-19)31(3-25-7)17-11(35)9(33)5(45-17)1-43-52(41,54)48-50(37,38)47-51(39,40)49-53(42,55)44-2-6-10(34)12(36)18(46-6)32-4-26-8-14(24)28-20(22)30-16(8)32/h3-6,9-12,17-18,33-36H,1-2H2,(H,37,38)(H,39,40)(H,41,54)(H,42,55)(H2,23,27,29)(H2,24,28,30)/t5-,6-,9-,10-,11-,12-,17-,18-,52?,53?/m1/s1. The van der Waals surface area contributed by atoms with Crippen molar-refractivity contribution in [2.75, 3.05) is 24.7 Å². The summed E-state index contributed by atoms with van der Waals surface area (Å²) in [6.07, 6.45) is -9.77. The third-order valence-electron chi connectivity index (χ3n) is 7.49. The molecule has 4 aromatic rings. The van der Waals surface area contributed by atoms with E-state index in [-0.39, 0.29) is 41.6 Å². The van der Waals surface area contributed by atoms with Crippen molar-refractivity contribution in [3.63, 3.8) is 0 Å². The summed E-state index contributed by atoms with van der Waals surface area (Å²) in [6, 6.07) is 0. The molecule has 27 nitrogen and oxygen atoms in total. The first kappa shape index (κ1) is 43.9. The van der Waals surface area contributed by atoms with Gasteiger partial charge in [0.25, 0.3) is 0 Å². The van der Waals surface area contributed by atoms with Gasteiger partial charge in [-0.3, -0.25) is 9.13 Å². The number of anilines is 2. The zero-order chi connectivity index (χ0) is 40.4. The highest BCUT2D eigenvalue weighted by atomic mass is 127. The Morgan fingerprint density at radius 3 is 1.40 bits per heavy atom. The third kappa shape index (κ3) is 9.86. The quantitative estimate of drug-likeness (QED) is 0.0411. The third-order valence-corrected chi connectivity index (χ3v) is 16.2. The highest BCUT2D eigenvalue weighted by Gasteiger charge is 2.48. The number of aliphatic hydroxyl groups excluding tert-OH is 4. The Bertz CT molecular complexity index is 2160. The summed E-state index contributed by atoms with van der Waals surface area (Å²) in [5.41, 5.74) is 12.3. The summed E-state index contributed by atoms with van der Waals surface area (Å²) in [6.45, 7) is -11.5. The van der Waals surface area contributed by atoms with E-state index in [1.165, 1.54) is 21.8 Å². The van der Waals surface area contributed by atoms with Crippen molar-refractivity contribution in [2.24, 2.45) is 0 Å². The number of imidazole rings is 2. The summed E-state index contributed by atoms with van der Waals surface area (Å²) in [5, 5.41) is 42.4. The van der Waals surface area contributed by atoms with Crippen molar-refractivity contribution < 1.29 is 80.6 Å². The zero-order valence-electron chi connectivity index (χ0n) is 26.5. The normalized spacial score (nSPS) is 30.3. The second-order valence-corrected chi connectivity index (χ2v) is 22.1. The monoisotopic (exact) mass is 1120 g/mol. The number of halogens is 2. The van der Waals surface area contributed by atoms with Crippen molar-refractivity contribution >= 4 is 132 Å². The van der Waals surface area contributed by atoms with Crippen molar-refractivity contribution in [1.82, 2.24) is 39.0 Å². The van der Waals surface area contributed by atoms with Gasteiger partial charge in [-0.25, -0.2) is 47.7 Å². The number of phosphoric acid groups is 2. The Morgan fingerprint density at radius 2 is 1.04 bits per heavy atom. The highest BCUT2D eigenvalue weighted by molar-refractivity contribution is 14.1. The SMILES string of the molecule is Nc1nc(I)nc2c1ncn2[C@@H]1O[C@H](COP(O)(=S)OP(=O)(O)OP(=O)(O)OP(O)(=S)OC[C@H]2O[C@@H](n3cnc4c(N)nc(I)nc43)[C@H](O)[C@@H]2O)[C@@H](O)[C@H]1O. The van der Waals surface area contributed by atoms with Crippen LogP contribution in [-0.2, 0) is 64.2 Å². The number of nitrogens with zero attached hydrogens (tertiary/aromatic N) is 8. The second-order valence-electron chi connectivity index (χ2n) is 11.2. The van der Waals surface area contributed by atoms with Crippen LogP contribution in [0, 0.1) is 7.66 Å². The summed E-state index contributed by atoms with van der Waals surface area (Å²) in [7, 11) is -11.8. The maximum absolute atomic E-state index is 12.6. The average molecular weight is 1120 g/mol. The van der Waals surface area contributed by atoms with E-state index in [0.717, 1.165) is 0 Å². The van der Waals surface area contributed by atoms with Gasteiger partial charge in [-0.2, -0.15) is 4.31 Å². The van der Waals surface area contributed by atoms with E-state index in [1.807, 2.05) is 0 Å². The number of rotatable bonds is 14. The molecule has 6 rings (SSSR count). The number of hydrogen-bond donors (Lipinski definition) is 10. The summed E-state index contributed by atoms with van der Waals surface area (Å²) < 4.78 is 62.1. The van der Waals surface area contributed by atoms with E-state index in [2.05, 4.69) is 66.4 Å². The maximum atomic E-state index is 12.6. The molecule has 55 heavy (non-hydrogen) atoms. The molecule has 35 heteroatoms. The van der Waals surface area contributed by atoms with E-state index >= 15 is 0 Å². The molecule has 0 spiro atoms. The fraction of sp³-hybridized carbons (Fsp3) is 0.500. The molecule has 4 unspecified atom stereocenters. The number of nitrogens with two attached hydrogens (primary N) is 2. The Hall–Kier alpha value is -0.680. The molecule has 12 N–H and O–H groups in total. The van der Waals surface area contributed by atoms with E-state index in [4.69, 9.17) is 30.0 Å². The van der Waals surface area contributed by atoms with Gasteiger partial charge in [-0.05, 0) is 23.6 Å². The zero-order valence-corrected chi connectivity index (χ0v) is 36.1. The predicted molar refractivity (Wildman–Crippen MR) is 205 cm³/mol. The van der Waals surface area contributed by atoms with Crippen LogP contribution in [0.3, 0.4) is 0 Å². The molecule has 6 heterocycles. The van der Waals surface area contributed by atoms with Gasteiger partial charge < -0.3 is 70.0 Å².